The van der Waals surface area contributed by atoms with Gasteiger partial charge in [-0.05, 0) is 74.0 Å². The van der Waals surface area contributed by atoms with Gasteiger partial charge in [-0.3, -0.25) is 4.79 Å². The van der Waals surface area contributed by atoms with Crippen LogP contribution < -0.4 is 10.1 Å². The fourth-order valence-electron chi connectivity index (χ4n) is 10.9. The molecular formula is C35H45NO5. The van der Waals surface area contributed by atoms with Crippen molar-refractivity contribution in [1.29, 1.82) is 0 Å². The zero-order valence-corrected chi connectivity index (χ0v) is 25.4. The van der Waals surface area contributed by atoms with Crippen molar-refractivity contribution >= 4 is 5.91 Å². The van der Waals surface area contributed by atoms with E-state index in [-0.39, 0.29) is 47.5 Å². The number of aliphatic hydroxyl groups is 2. The van der Waals surface area contributed by atoms with Gasteiger partial charge < -0.3 is 25.0 Å². The summed E-state index contributed by atoms with van der Waals surface area (Å²) in [4.78, 5) is 13.7. The summed E-state index contributed by atoms with van der Waals surface area (Å²) in [6.07, 6.45) is 3.69. The van der Waals surface area contributed by atoms with E-state index < -0.39 is 23.2 Å². The number of methoxy groups -OCH3 is 1. The number of ether oxygens (including phenoxy) is 2. The van der Waals surface area contributed by atoms with Crippen LogP contribution in [-0.2, 0) is 16.0 Å². The van der Waals surface area contributed by atoms with Crippen LogP contribution in [0.25, 0.3) is 0 Å². The van der Waals surface area contributed by atoms with E-state index in [0.29, 0.717) is 23.7 Å². The first-order valence-corrected chi connectivity index (χ1v) is 15.6. The summed E-state index contributed by atoms with van der Waals surface area (Å²) in [6.45, 7) is 13.8. The molecule has 3 aliphatic heterocycles. The van der Waals surface area contributed by atoms with Crippen LogP contribution in [0.15, 0.2) is 58.4 Å². The smallest absolute Gasteiger partial charge is 0.255 e. The van der Waals surface area contributed by atoms with Crippen LogP contribution >= 0.6 is 0 Å². The summed E-state index contributed by atoms with van der Waals surface area (Å²) < 4.78 is 12.9. The Hall–Kier alpha value is -2.57. The molecule has 6 heteroatoms. The highest BCUT2D eigenvalue weighted by Gasteiger charge is 2.66. The summed E-state index contributed by atoms with van der Waals surface area (Å²) in [5.41, 5.74) is 2.99. The third-order valence-electron chi connectivity index (χ3n) is 12.2. The standard InChI is InChI=1S/C35H45NO5/c1-16-12-17(2)24-23(13-16)25-20(5)28-19(4)18(3)14-34(28,6)29-26(25)31(24)41-22-10-8-21(9-11-22)15-35(39)32(40-7)27(30(29)37)33(38)36-35/h8-11,14,16-17,19,23-26,29,31-32,37,39H,12-13,15H2,1-7H3,(H,36,38)/b30-27+/t16-,17+,19-,23-,24-,25-,26+,29-,31-,32-,34-,35-/m1/s1. The molecule has 1 aromatic carbocycles. The van der Waals surface area contributed by atoms with Crippen molar-refractivity contribution in [3.05, 3.63) is 64.0 Å². The Labute approximate surface area is 243 Å². The minimum Gasteiger partial charge on any atom is -0.511 e. The van der Waals surface area contributed by atoms with Crippen molar-refractivity contribution < 1.29 is 24.5 Å². The monoisotopic (exact) mass is 559 g/mol. The molecule has 0 radical (unpaired) electrons. The van der Waals surface area contributed by atoms with Gasteiger partial charge in [0, 0.05) is 36.7 Å². The van der Waals surface area contributed by atoms with Gasteiger partial charge >= 0.3 is 0 Å². The molecule has 0 unspecified atom stereocenters. The lowest BCUT2D eigenvalue weighted by Crippen LogP contribution is -2.51. The largest absolute Gasteiger partial charge is 0.511 e. The van der Waals surface area contributed by atoms with Crippen LogP contribution in [0.1, 0.15) is 59.9 Å². The third kappa shape index (κ3) is 3.59. The van der Waals surface area contributed by atoms with Crippen LogP contribution in [0.4, 0.5) is 0 Å². The number of rotatable bonds is 1. The maximum atomic E-state index is 13.7. The maximum absolute atomic E-state index is 13.7. The summed E-state index contributed by atoms with van der Waals surface area (Å²) in [7, 11) is 1.51. The molecule has 3 heterocycles. The number of aliphatic hydroxyl groups excluding tert-OH is 1. The number of benzene rings is 1. The molecule has 12 atom stereocenters. The van der Waals surface area contributed by atoms with Crippen molar-refractivity contribution in [2.24, 2.45) is 52.8 Å². The van der Waals surface area contributed by atoms with Crippen molar-refractivity contribution in [1.82, 2.24) is 5.32 Å². The number of fused-ring (bicyclic) bond motifs is 5. The number of allylic oxidation sites excluding steroid dienone is 5. The third-order valence-corrected chi connectivity index (χ3v) is 12.2. The topological polar surface area (TPSA) is 88.0 Å². The summed E-state index contributed by atoms with van der Waals surface area (Å²) in [5, 5.41) is 27.2. The average Bonchev–Trinajstić information content (AvgIpc) is 3.43. The number of nitrogens with one attached hydrogen (secondary N) is 1. The number of carbonyl (C=O) groups is 1. The number of carbonyl (C=O) groups excluding carboxylic acids is 1. The Morgan fingerprint density at radius 2 is 1.78 bits per heavy atom. The van der Waals surface area contributed by atoms with Crippen molar-refractivity contribution in [2.45, 2.75) is 78.7 Å². The molecule has 1 aromatic rings. The van der Waals surface area contributed by atoms with Crippen LogP contribution in [0, 0.1) is 52.8 Å². The van der Waals surface area contributed by atoms with E-state index in [0.717, 1.165) is 17.7 Å². The molecule has 3 N–H and O–H groups in total. The van der Waals surface area contributed by atoms with Gasteiger partial charge in [0.1, 0.15) is 23.7 Å². The first-order valence-electron chi connectivity index (χ1n) is 15.6. The van der Waals surface area contributed by atoms with Crippen LogP contribution in [0.5, 0.6) is 5.75 Å². The summed E-state index contributed by atoms with van der Waals surface area (Å²) >= 11 is 0. The number of hydrogen-bond donors (Lipinski definition) is 3. The van der Waals surface area contributed by atoms with Gasteiger partial charge in [0.2, 0.25) is 0 Å². The van der Waals surface area contributed by atoms with Crippen molar-refractivity contribution in [3.8, 4) is 5.75 Å². The first-order chi connectivity index (χ1) is 19.4. The molecule has 0 aromatic heterocycles. The second-order valence-corrected chi connectivity index (χ2v) is 14.6. The molecule has 0 spiro atoms. The Morgan fingerprint density at radius 3 is 2.46 bits per heavy atom. The van der Waals surface area contributed by atoms with E-state index in [1.54, 1.807) is 0 Å². The van der Waals surface area contributed by atoms with Gasteiger partial charge in [-0.2, -0.15) is 0 Å². The fourth-order valence-corrected chi connectivity index (χ4v) is 10.9. The highest BCUT2D eigenvalue weighted by atomic mass is 16.5. The minimum absolute atomic E-state index is 0.0345. The predicted molar refractivity (Wildman–Crippen MR) is 157 cm³/mol. The maximum Gasteiger partial charge on any atom is 0.255 e. The van der Waals surface area contributed by atoms with E-state index in [2.05, 4.69) is 52.9 Å². The SMILES string of the molecule is CO[C@@H]1/C2=C(\O)[C@H]3[C@H]4[C@H](Oc5ccc(cc5)C[C@]1(O)NC2=O)[C@H]1[C@@H](C[C@H](C)C[C@@H]1C)[C@H]4C(C)=C1[C@H](C)C(C)=C[C@]13C. The number of hydrogen-bond acceptors (Lipinski definition) is 5. The van der Waals surface area contributed by atoms with Gasteiger partial charge in [-0.1, -0.05) is 62.6 Å². The minimum atomic E-state index is -1.67. The lowest BCUT2D eigenvalue weighted by atomic mass is 9.55. The highest BCUT2D eigenvalue weighted by Crippen LogP contribution is 2.68. The molecule has 220 valence electrons. The molecule has 8 rings (SSSR count). The van der Waals surface area contributed by atoms with Crippen molar-refractivity contribution in [2.75, 3.05) is 7.11 Å². The fraction of sp³-hybridized carbons (Fsp3) is 0.629. The Balaban J connectivity index is 1.54. The van der Waals surface area contributed by atoms with E-state index in [9.17, 15) is 15.0 Å². The van der Waals surface area contributed by atoms with Crippen LogP contribution in [-0.4, -0.2) is 41.2 Å². The summed E-state index contributed by atoms with van der Waals surface area (Å²) in [6, 6.07) is 7.93. The Kier molecular flexibility index (Phi) is 5.97. The van der Waals surface area contributed by atoms with Gasteiger partial charge in [0.25, 0.3) is 5.91 Å². The molecular weight excluding hydrogens is 514 g/mol. The second kappa shape index (κ2) is 8.97. The summed E-state index contributed by atoms with van der Waals surface area (Å²) in [5.74, 6) is 2.40. The first kappa shape index (κ1) is 27.3. The van der Waals surface area contributed by atoms with Gasteiger partial charge in [-0.15, -0.1) is 0 Å². The van der Waals surface area contributed by atoms with E-state index in [1.807, 2.05) is 24.3 Å². The average molecular weight is 560 g/mol. The van der Waals surface area contributed by atoms with Gasteiger partial charge in [0.05, 0.1) is 5.57 Å². The Bertz CT molecular complexity index is 1390. The quantitative estimate of drug-likeness (QED) is 0.383. The Morgan fingerprint density at radius 1 is 1.07 bits per heavy atom. The second-order valence-electron chi connectivity index (χ2n) is 14.6. The van der Waals surface area contributed by atoms with E-state index in [4.69, 9.17) is 9.47 Å². The van der Waals surface area contributed by atoms with E-state index in [1.165, 1.54) is 30.2 Å². The molecule has 2 saturated carbocycles. The van der Waals surface area contributed by atoms with Gasteiger partial charge in [0.15, 0.2) is 5.72 Å². The zero-order chi connectivity index (χ0) is 29.2. The van der Waals surface area contributed by atoms with E-state index >= 15 is 0 Å². The van der Waals surface area contributed by atoms with Crippen LogP contribution in [0.2, 0.25) is 0 Å². The predicted octanol–water partition coefficient (Wildman–Crippen LogP) is 5.73. The zero-order valence-electron chi connectivity index (χ0n) is 25.4. The molecule has 7 aliphatic rings. The molecule has 1 amide bonds. The normalized spacial score (nSPS) is 48.3. The van der Waals surface area contributed by atoms with Crippen LogP contribution in [0.3, 0.4) is 0 Å². The van der Waals surface area contributed by atoms with Gasteiger partial charge in [-0.25, -0.2) is 0 Å². The molecule has 41 heavy (non-hydrogen) atoms. The molecule has 4 bridgehead atoms. The highest BCUT2D eigenvalue weighted by molar-refractivity contribution is 5.98. The van der Waals surface area contributed by atoms with Crippen molar-refractivity contribution in [3.63, 3.8) is 0 Å². The molecule has 1 saturated heterocycles. The number of amides is 1. The lowest BCUT2D eigenvalue weighted by Gasteiger charge is -2.49. The molecule has 3 fully saturated rings. The lowest BCUT2D eigenvalue weighted by molar-refractivity contribution is -0.122. The molecule has 6 nitrogen and oxygen atoms in total. The molecule has 4 aliphatic carbocycles.